The van der Waals surface area contributed by atoms with E-state index < -0.39 is 5.91 Å². The Morgan fingerprint density at radius 2 is 1.81 bits per heavy atom. The van der Waals surface area contributed by atoms with Crippen molar-refractivity contribution in [2.45, 2.75) is 13.3 Å². The number of amides is 1. The largest absolute Gasteiger partial charge is 0.503 e. The predicted molar refractivity (Wildman–Crippen MR) is 126 cm³/mol. The van der Waals surface area contributed by atoms with E-state index in [2.05, 4.69) is 27.1 Å². The molecule has 2 aromatic carbocycles. The number of nitrogens with two attached hydrogens (primary N) is 1. The van der Waals surface area contributed by atoms with Crippen molar-refractivity contribution in [3.8, 4) is 40.2 Å². The fourth-order valence-electron chi connectivity index (χ4n) is 3.21. The van der Waals surface area contributed by atoms with Crippen LogP contribution in [-0.2, 0) is 4.79 Å². The van der Waals surface area contributed by atoms with Gasteiger partial charge in [-0.05, 0) is 13.0 Å². The topological polar surface area (TPSA) is 101 Å². The van der Waals surface area contributed by atoms with Gasteiger partial charge in [-0.25, -0.2) is 9.97 Å². The highest BCUT2D eigenvalue weighted by molar-refractivity contribution is 5.93. The zero-order valence-corrected chi connectivity index (χ0v) is 17.6. The van der Waals surface area contributed by atoms with Gasteiger partial charge in [-0.3, -0.25) is 4.79 Å². The van der Waals surface area contributed by atoms with Crippen LogP contribution in [0.4, 0.5) is 5.82 Å². The summed E-state index contributed by atoms with van der Waals surface area (Å²) in [6.07, 6.45) is 3.73. The van der Waals surface area contributed by atoms with Crippen LogP contribution in [-0.4, -0.2) is 27.5 Å². The Balaban J connectivity index is 1.71. The van der Waals surface area contributed by atoms with Crippen LogP contribution < -0.4 is 11.1 Å². The van der Waals surface area contributed by atoms with Gasteiger partial charge < -0.3 is 16.2 Å². The fourth-order valence-corrected chi connectivity index (χ4v) is 3.21. The standard InChI is InChI=1S/C26H22N4O2/c1-17-10-13-19(14-11-17)22-23(31)26(30-25(29-22)21-7-3-2-4-8-21)28-16-18-6-5-9-20(15-12-18)24(27)32/h2-4,7-8,10-15,31H,9,16H2,1H3,(H2,27,32)(H,28,29,30). The number of hydrogen-bond donors (Lipinski definition) is 3. The predicted octanol–water partition coefficient (Wildman–Crippen LogP) is 3.98. The van der Waals surface area contributed by atoms with E-state index in [1.807, 2.05) is 61.5 Å². The third-order valence-electron chi connectivity index (χ3n) is 5.02. The molecule has 0 saturated carbocycles. The number of nitrogens with one attached hydrogen (secondary N) is 1. The molecule has 0 aliphatic heterocycles. The molecule has 1 aromatic heterocycles. The monoisotopic (exact) mass is 422 g/mol. The first-order valence-electron chi connectivity index (χ1n) is 10.2. The van der Waals surface area contributed by atoms with Crippen molar-refractivity contribution in [2.24, 2.45) is 5.73 Å². The molecule has 0 unspecified atom stereocenters. The second-order valence-electron chi connectivity index (χ2n) is 7.41. The van der Waals surface area contributed by atoms with Gasteiger partial charge in [-0.2, -0.15) is 0 Å². The average Bonchev–Trinajstić information content (AvgIpc) is 3.06. The summed E-state index contributed by atoms with van der Waals surface area (Å²) >= 11 is 0. The summed E-state index contributed by atoms with van der Waals surface area (Å²) in [5, 5.41) is 14.1. The highest BCUT2D eigenvalue weighted by Crippen LogP contribution is 2.35. The summed E-state index contributed by atoms with van der Waals surface area (Å²) in [5.74, 6) is 6.24. The number of aromatic hydroxyl groups is 1. The second kappa shape index (κ2) is 9.19. The van der Waals surface area contributed by atoms with Crippen LogP contribution in [0.3, 0.4) is 0 Å². The van der Waals surface area contributed by atoms with E-state index in [0.717, 1.165) is 22.3 Å². The smallest absolute Gasteiger partial charge is 0.245 e. The van der Waals surface area contributed by atoms with Crippen molar-refractivity contribution in [1.82, 2.24) is 9.97 Å². The lowest BCUT2D eigenvalue weighted by molar-refractivity contribution is -0.114. The molecule has 0 spiro atoms. The van der Waals surface area contributed by atoms with Gasteiger partial charge in [0.2, 0.25) is 5.91 Å². The van der Waals surface area contributed by atoms with Crippen molar-refractivity contribution >= 4 is 11.7 Å². The maximum Gasteiger partial charge on any atom is 0.245 e. The molecule has 32 heavy (non-hydrogen) atoms. The first-order chi connectivity index (χ1) is 15.5. The second-order valence-corrected chi connectivity index (χ2v) is 7.41. The van der Waals surface area contributed by atoms with E-state index in [-0.39, 0.29) is 5.75 Å². The van der Waals surface area contributed by atoms with Crippen LogP contribution in [0.25, 0.3) is 22.6 Å². The van der Waals surface area contributed by atoms with Gasteiger partial charge in [-0.1, -0.05) is 78.1 Å². The highest BCUT2D eigenvalue weighted by atomic mass is 16.3. The zero-order chi connectivity index (χ0) is 22.5. The van der Waals surface area contributed by atoms with Crippen molar-refractivity contribution in [3.05, 3.63) is 83.5 Å². The molecular formula is C26H22N4O2. The molecule has 0 saturated heterocycles. The van der Waals surface area contributed by atoms with Crippen molar-refractivity contribution in [2.75, 3.05) is 11.9 Å². The number of allylic oxidation sites excluding steroid dienone is 2. The Morgan fingerprint density at radius 3 is 2.53 bits per heavy atom. The first-order valence-corrected chi connectivity index (χ1v) is 10.2. The van der Waals surface area contributed by atoms with Crippen LogP contribution in [0, 0.1) is 18.8 Å². The molecule has 0 bridgehead atoms. The molecule has 1 aliphatic rings. The number of hydrogen-bond acceptors (Lipinski definition) is 5. The summed E-state index contributed by atoms with van der Waals surface area (Å²) in [6, 6.07) is 17.4. The van der Waals surface area contributed by atoms with Gasteiger partial charge in [0.1, 0.15) is 5.69 Å². The quantitative estimate of drug-likeness (QED) is 0.522. The summed E-state index contributed by atoms with van der Waals surface area (Å²) in [6.45, 7) is 2.33. The highest BCUT2D eigenvalue weighted by Gasteiger charge is 2.16. The maximum atomic E-state index is 11.4. The van der Waals surface area contributed by atoms with E-state index in [1.54, 1.807) is 12.2 Å². The van der Waals surface area contributed by atoms with Crippen LogP contribution in [0.1, 0.15) is 12.0 Å². The fraction of sp³-hybridized carbons (Fsp3) is 0.115. The number of rotatable bonds is 6. The summed E-state index contributed by atoms with van der Waals surface area (Å²) in [4.78, 5) is 20.6. The molecule has 1 heterocycles. The van der Waals surface area contributed by atoms with Gasteiger partial charge in [0, 0.05) is 35.2 Å². The molecule has 158 valence electrons. The first kappa shape index (κ1) is 20.9. The summed E-state index contributed by atoms with van der Waals surface area (Å²) in [7, 11) is 0. The van der Waals surface area contributed by atoms with Gasteiger partial charge in [-0.15, -0.1) is 0 Å². The van der Waals surface area contributed by atoms with E-state index in [4.69, 9.17) is 5.73 Å². The third kappa shape index (κ3) is 4.68. The number of aromatic nitrogens is 2. The Labute approximate surface area is 186 Å². The molecule has 1 amide bonds. The lowest BCUT2D eigenvalue weighted by Gasteiger charge is -2.13. The van der Waals surface area contributed by atoms with Gasteiger partial charge in [0.15, 0.2) is 17.4 Å². The normalized spacial score (nSPS) is 12.7. The number of carbonyl (C=O) groups excluding carboxylic acids is 1. The Morgan fingerprint density at radius 1 is 1.06 bits per heavy atom. The third-order valence-corrected chi connectivity index (χ3v) is 5.02. The Kier molecular flexibility index (Phi) is 6.00. The number of carbonyl (C=O) groups is 1. The Hall–Kier alpha value is -4.37. The minimum Gasteiger partial charge on any atom is -0.503 e. The van der Waals surface area contributed by atoms with E-state index in [0.29, 0.717) is 35.9 Å². The summed E-state index contributed by atoms with van der Waals surface area (Å²) in [5.41, 5.74) is 9.75. The van der Waals surface area contributed by atoms with Crippen LogP contribution >= 0.6 is 0 Å². The SMILES string of the molecule is Cc1ccc(-c2nc(-c3ccccc3)nc(NCC3=CC=C(C(N)=O)CC#C3)c2O)cc1. The van der Waals surface area contributed by atoms with Gasteiger partial charge >= 0.3 is 0 Å². The Bertz CT molecular complexity index is 1280. The number of nitrogens with zero attached hydrogens (tertiary/aromatic N) is 2. The lowest BCUT2D eigenvalue weighted by atomic mass is 10.1. The number of aryl methyl sites for hydroxylation is 1. The van der Waals surface area contributed by atoms with Gasteiger partial charge in [0.05, 0.1) is 0 Å². The molecular weight excluding hydrogens is 400 g/mol. The lowest BCUT2D eigenvalue weighted by Crippen LogP contribution is -2.13. The molecule has 6 heteroatoms. The van der Waals surface area contributed by atoms with E-state index in [1.165, 1.54) is 0 Å². The van der Waals surface area contributed by atoms with Crippen LogP contribution in [0.2, 0.25) is 0 Å². The average molecular weight is 422 g/mol. The van der Waals surface area contributed by atoms with Crippen molar-refractivity contribution in [1.29, 1.82) is 0 Å². The number of anilines is 1. The maximum absolute atomic E-state index is 11.4. The molecule has 0 fully saturated rings. The zero-order valence-electron chi connectivity index (χ0n) is 17.6. The molecule has 4 N–H and O–H groups in total. The molecule has 0 atom stereocenters. The molecule has 0 radical (unpaired) electrons. The molecule has 3 aromatic rings. The number of primary amides is 1. The van der Waals surface area contributed by atoms with Crippen molar-refractivity contribution in [3.63, 3.8) is 0 Å². The molecule has 4 rings (SSSR count). The van der Waals surface area contributed by atoms with Crippen molar-refractivity contribution < 1.29 is 9.90 Å². The molecule has 1 aliphatic carbocycles. The van der Waals surface area contributed by atoms with Gasteiger partial charge in [0.25, 0.3) is 0 Å². The van der Waals surface area contributed by atoms with Crippen LogP contribution in [0.15, 0.2) is 77.9 Å². The van der Waals surface area contributed by atoms with E-state index in [9.17, 15) is 9.90 Å². The van der Waals surface area contributed by atoms with Crippen LogP contribution in [0.5, 0.6) is 5.75 Å². The minimum absolute atomic E-state index is 0.0379. The number of benzene rings is 2. The van der Waals surface area contributed by atoms with E-state index >= 15 is 0 Å². The minimum atomic E-state index is -0.478. The molecule has 6 nitrogen and oxygen atoms in total. The summed E-state index contributed by atoms with van der Waals surface area (Å²) < 4.78 is 0.